The first-order valence-electron chi connectivity index (χ1n) is 11.4. The summed E-state index contributed by atoms with van der Waals surface area (Å²) in [4.78, 5) is 38.2. The predicted molar refractivity (Wildman–Crippen MR) is 128 cm³/mol. The van der Waals surface area contributed by atoms with E-state index in [2.05, 4.69) is 10.6 Å². The second kappa shape index (κ2) is 12.7. The van der Waals surface area contributed by atoms with Gasteiger partial charge in [0.25, 0.3) is 0 Å². The van der Waals surface area contributed by atoms with E-state index in [1.165, 1.54) is 0 Å². The summed E-state index contributed by atoms with van der Waals surface area (Å²) < 4.78 is 5.18. The molecule has 0 spiro atoms. The summed E-state index contributed by atoms with van der Waals surface area (Å²) in [6, 6.07) is 17.7. The van der Waals surface area contributed by atoms with Gasteiger partial charge in [0, 0.05) is 0 Å². The molecule has 0 saturated carbocycles. The number of nitrogens with two attached hydrogens (primary N) is 1. The molecule has 7 heteroatoms. The van der Waals surface area contributed by atoms with Crippen LogP contribution in [0.25, 0.3) is 0 Å². The number of rotatable bonds is 12. The molecule has 2 rings (SSSR count). The topological polar surface area (TPSA) is 111 Å². The van der Waals surface area contributed by atoms with Crippen molar-refractivity contribution < 1.29 is 19.1 Å². The fourth-order valence-electron chi connectivity index (χ4n) is 3.29. The summed E-state index contributed by atoms with van der Waals surface area (Å²) in [6.45, 7) is 5.10. The summed E-state index contributed by atoms with van der Waals surface area (Å²) in [6.07, 6.45) is 1.93. The smallest absolute Gasteiger partial charge is 0.328 e. The number of nitrogens with one attached hydrogen (secondary N) is 2. The Kier molecular flexibility index (Phi) is 10.1. The van der Waals surface area contributed by atoms with E-state index in [9.17, 15) is 14.4 Å². The Morgan fingerprint density at radius 2 is 1.33 bits per heavy atom. The molecule has 2 atom stereocenters. The summed E-state index contributed by atoms with van der Waals surface area (Å²) in [5.41, 5.74) is 6.88. The van der Waals surface area contributed by atoms with E-state index in [0.717, 1.165) is 11.1 Å². The quantitative estimate of drug-likeness (QED) is 0.428. The lowest BCUT2D eigenvalue weighted by Gasteiger charge is -2.26. The van der Waals surface area contributed by atoms with Gasteiger partial charge < -0.3 is 21.1 Å². The van der Waals surface area contributed by atoms with Crippen LogP contribution in [0.2, 0.25) is 0 Å². The molecule has 0 bridgehead atoms. The van der Waals surface area contributed by atoms with Crippen LogP contribution in [0.5, 0.6) is 0 Å². The number of amides is 2. The van der Waals surface area contributed by atoms with E-state index >= 15 is 0 Å². The first kappa shape index (κ1) is 26.1. The van der Waals surface area contributed by atoms with E-state index in [4.69, 9.17) is 10.5 Å². The predicted octanol–water partition coefficient (Wildman–Crippen LogP) is 2.52. The van der Waals surface area contributed by atoms with Crippen LogP contribution in [0.15, 0.2) is 60.7 Å². The van der Waals surface area contributed by atoms with E-state index in [0.29, 0.717) is 25.7 Å². The highest BCUT2D eigenvalue weighted by Crippen LogP contribution is 2.10. The zero-order chi connectivity index (χ0) is 24.3. The molecule has 4 N–H and O–H groups in total. The van der Waals surface area contributed by atoms with Gasteiger partial charge in [-0.05, 0) is 57.6 Å². The third-order valence-electron chi connectivity index (χ3n) is 5.22. The number of aryl methyl sites for hydroxylation is 2. The van der Waals surface area contributed by atoms with Crippen LogP contribution in [0.4, 0.5) is 0 Å². The van der Waals surface area contributed by atoms with Crippen LogP contribution in [-0.2, 0) is 32.0 Å². The highest BCUT2D eigenvalue weighted by molar-refractivity contribution is 5.93. The van der Waals surface area contributed by atoms with E-state index < -0.39 is 35.4 Å². The molecule has 0 aliphatic rings. The van der Waals surface area contributed by atoms with E-state index in [1.54, 1.807) is 20.8 Å². The highest BCUT2D eigenvalue weighted by Gasteiger charge is 2.30. The number of carbonyl (C=O) groups excluding carboxylic acids is 3. The number of benzene rings is 2. The molecule has 33 heavy (non-hydrogen) atoms. The van der Waals surface area contributed by atoms with Crippen molar-refractivity contribution in [2.75, 3.05) is 6.61 Å². The molecule has 0 fully saturated rings. The van der Waals surface area contributed by atoms with Crippen molar-refractivity contribution in [3.05, 3.63) is 71.8 Å². The number of hydrogen-bond donors (Lipinski definition) is 3. The Balaban J connectivity index is 2.12. The van der Waals surface area contributed by atoms with Gasteiger partial charge in [0.2, 0.25) is 11.8 Å². The lowest BCUT2D eigenvalue weighted by Crippen LogP contribution is -2.57. The van der Waals surface area contributed by atoms with E-state index in [1.807, 2.05) is 60.7 Å². The zero-order valence-electron chi connectivity index (χ0n) is 19.7. The van der Waals surface area contributed by atoms with Crippen LogP contribution in [0.1, 0.15) is 44.7 Å². The number of esters is 1. The van der Waals surface area contributed by atoms with Crippen LogP contribution in [0.3, 0.4) is 0 Å². The maximum absolute atomic E-state index is 13.2. The van der Waals surface area contributed by atoms with Gasteiger partial charge >= 0.3 is 5.97 Å². The monoisotopic (exact) mass is 453 g/mol. The molecule has 0 aromatic heterocycles. The minimum absolute atomic E-state index is 0.214. The zero-order valence-corrected chi connectivity index (χ0v) is 19.7. The Bertz CT molecular complexity index is 895. The van der Waals surface area contributed by atoms with Gasteiger partial charge in [0.15, 0.2) is 0 Å². The number of carbonyl (C=O) groups is 3. The average molecular weight is 454 g/mol. The average Bonchev–Trinajstić information content (AvgIpc) is 2.79. The Morgan fingerprint density at radius 3 is 1.79 bits per heavy atom. The summed E-state index contributed by atoms with van der Waals surface area (Å²) >= 11 is 0. The molecular formula is C26H35N3O4. The second-order valence-corrected chi connectivity index (χ2v) is 8.61. The SMILES string of the molecule is CCOC(=O)[C@@H](CCc1ccccc1)NC(=O)[C@H](CCc1ccccc1)NC(=O)C(C)(C)N. The second-order valence-electron chi connectivity index (χ2n) is 8.61. The van der Waals surface area contributed by atoms with Gasteiger partial charge in [-0.25, -0.2) is 4.79 Å². The number of ether oxygens (including phenoxy) is 1. The summed E-state index contributed by atoms with van der Waals surface area (Å²) in [7, 11) is 0. The van der Waals surface area contributed by atoms with Crippen LogP contribution >= 0.6 is 0 Å². The molecular weight excluding hydrogens is 418 g/mol. The van der Waals surface area contributed by atoms with Crippen molar-refractivity contribution in [3.8, 4) is 0 Å². The van der Waals surface area contributed by atoms with Crippen molar-refractivity contribution in [1.82, 2.24) is 10.6 Å². The lowest BCUT2D eigenvalue weighted by atomic mass is 10.0. The first-order valence-corrected chi connectivity index (χ1v) is 11.4. The normalized spacial score (nSPS) is 13.0. The molecule has 7 nitrogen and oxygen atoms in total. The molecule has 178 valence electrons. The molecule has 2 amide bonds. The third kappa shape index (κ3) is 9.06. The maximum Gasteiger partial charge on any atom is 0.328 e. The van der Waals surface area contributed by atoms with Crippen molar-refractivity contribution >= 4 is 17.8 Å². The fraction of sp³-hybridized carbons (Fsp3) is 0.423. The van der Waals surface area contributed by atoms with Crippen LogP contribution in [-0.4, -0.2) is 42.0 Å². The molecule has 0 aliphatic heterocycles. The molecule has 0 heterocycles. The molecule has 2 aromatic rings. The van der Waals surface area contributed by atoms with Gasteiger partial charge in [-0.1, -0.05) is 60.7 Å². The van der Waals surface area contributed by atoms with Gasteiger partial charge in [-0.15, -0.1) is 0 Å². The maximum atomic E-state index is 13.2. The Morgan fingerprint density at radius 1 is 0.848 bits per heavy atom. The largest absolute Gasteiger partial charge is 0.464 e. The lowest BCUT2D eigenvalue weighted by molar-refractivity contribution is -0.147. The van der Waals surface area contributed by atoms with Crippen LogP contribution in [0, 0.1) is 0 Å². The Hall–Kier alpha value is -3.19. The fourth-order valence-corrected chi connectivity index (χ4v) is 3.29. The standard InChI is InChI=1S/C26H35N3O4/c1-4-33-24(31)22(18-16-20-13-9-6-10-14-20)28-23(30)21(29-25(32)26(2,3)27)17-15-19-11-7-5-8-12-19/h5-14,21-22H,4,15-18,27H2,1-3H3,(H,28,30)(H,29,32)/t21-,22+/m0/s1. The molecule has 0 saturated heterocycles. The minimum Gasteiger partial charge on any atom is -0.464 e. The first-order chi connectivity index (χ1) is 15.7. The molecule has 0 aliphatic carbocycles. The van der Waals surface area contributed by atoms with Crippen molar-refractivity contribution in [2.45, 2.75) is 64.1 Å². The molecule has 2 aromatic carbocycles. The van der Waals surface area contributed by atoms with Gasteiger partial charge in [0.1, 0.15) is 12.1 Å². The van der Waals surface area contributed by atoms with Crippen LogP contribution < -0.4 is 16.4 Å². The van der Waals surface area contributed by atoms with Gasteiger partial charge in [-0.2, -0.15) is 0 Å². The Labute approximate surface area is 196 Å². The molecule has 0 radical (unpaired) electrons. The van der Waals surface area contributed by atoms with E-state index in [-0.39, 0.29) is 6.61 Å². The third-order valence-corrected chi connectivity index (χ3v) is 5.22. The van der Waals surface area contributed by atoms with Crippen molar-refractivity contribution in [1.29, 1.82) is 0 Å². The summed E-state index contributed by atoms with van der Waals surface area (Å²) in [5.74, 6) is -1.36. The number of hydrogen-bond acceptors (Lipinski definition) is 5. The van der Waals surface area contributed by atoms with Crippen molar-refractivity contribution in [3.63, 3.8) is 0 Å². The van der Waals surface area contributed by atoms with Crippen molar-refractivity contribution in [2.24, 2.45) is 5.73 Å². The van der Waals surface area contributed by atoms with Gasteiger partial charge in [0.05, 0.1) is 12.1 Å². The minimum atomic E-state index is -1.14. The highest BCUT2D eigenvalue weighted by atomic mass is 16.5. The van der Waals surface area contributed by atoms with Gasteiger partial charge in [-0.3, -0.25) is 9.59 Å². The summed E-state index contributed by atoms with van der Waals surface area (Å²) in [5, 5.41) is 5.54. The molecule has 0 unspecified atom stereocenters.